The summed E-state index contributed by atoms with van der Waals surface area (Å²) in [5.74, 6) is -3.34. The highest BCUT2D eigenvalue weighted by Crippen LogP contribution is 2.31. The van der Waals surface area contributed by atoms with E-state index in [1.54, 1.807) is 18.2 Å². The molecule has 0 saturated heterocycles. The van der Waals surface area contributed by atoms with E-state index in [0.29, 0.717) is 5.56 Å². The molecule has 5 heteroatoms. The first-order valence-corrected chi connectivity index (χ1v) is 7.48. The van der Waals surface area contributed by atoms with Crippen molar-refractivity contribution < 1.29 is 19.0 Å². The van der Waals surface area contributed by atoms with Crippen LogP contribution < -0.4 is 5.32 Å². The second-order valence-corrected chi connectivity index (χ2v) is 5.59. The highest BCUT2D eigenvalue weighted by Gasteiger charge is 2.39. The van der Waals surface area contributed by atoms with Gasteiger partial charge in [0.25, 0.3) is 5.92 Å². The van der Waals surface area contributed by atoms with E-state index in [1.165, 1.54) is 24.3 Å². The number of nitrogens with one attached hydrogen (secondary N) is 1. The minimum Gasteiger partial charge on any atom is -0.387 e. The van der Waals surface area contributed by atoms with Gasteiger partial charge in [0.2, 0.25) is 0 Å². The van der Waals surface area contributed by atoms with Crippen LogP contribution in [-0.4, -0.2) is 29.4 Å². The van der Waals surface area contributed by atoms with Crippen molar-refractivity contribution in [1.29, 1.82) is 0 Å². The van der Waals surface area contributed by atoms with Gasteiger partial charge in [-0.25, -0.2) is 0 Å². The van der Waals surface area contributed by atoms with Crippen LogP contribution in [0.5, 0.6) is 0 Å². The smallest absolute Gasteiger partial charge is 0.299 e. The molecule has 0 fully saturated rings. The number of aryl methyl sites for hydroxylation is 1. The Morgan fingerprint density at radius 1 is 0.957 bits per heavy atom. The van der Waals surface area contributed by atoms with Crippen LogP contribution in [0.2, 0.25) is 0 Å². The maximum absolute atomic E-state index is 14.1. The van der Waals surface area contributed by atoms with Crippen molar-refractivity contribution in [2.24, 2.45) is 0 Å². The average Bonchev–Trinajstić information content (AvgIpc) is 2.56. The summed E-state index contributed by atoms with van der Waals surface area (Å²) in [4.78, 5) is 0. The van der Waals surface area contributed by atoms with Crippen molar-refractivity contribution >= 4 is 0 Å². The molecular weight excluding hydrogens is 300 g/mol. The average molecular weight is 321 g/mol. The fourth-order valence-electron chi connectivity index (χ4n) is 2.24. The van der Waals surface area contributed by atoms with Gasteiger partial charge >= 0.3 is 0 Å². The number of hydrogen-bond donors (Lipinski definition) is 3. The van der Waals surface area contributed by atoms with Crippen molar-refractivity contribution in [3.05, 3.63) is 71.3 Å². The topological polar surface area (TPSA) is 52.5 Å². The maximum atomic E-state index is 14.1. The van der Waals surface area contributed by atoms with Gasteiger partial charge in [-0.2, -0.15) is 8.78 Å². The van der Waals surface area contributed by atoms with Gasteiger partial charge in [-0.05, 0) is 12.5 Å². The molecule has 3 nitrogen and oxygen atoms in total. The molecule has 0 bridgehead atoms. The zero-order valence-electron chi connectivity index (χ0n) is 12.9. The molecule has 2 atom stereocenters. The van der Waals surface area contributed by atoms with Crippen LogP contribution >= 0.6 is 0 Å². The number of hydrogen-bond acceptors (Lipinski definition) is 3. The van der Waals surface area contributed by atoms with Gasteiger partial charge in [0.15, 0.2) is 0 Å². The Morgan fingerprint density at radius 2 is 1.57 bits per heavy atom. The van der Waals surface area contributed by atoms with Crippen LogP contribution in [0.1, 0.15) is 22.8 Å². The minimum atomic E-state index is -3.34. The first-order valence-electron chi connectivity index (χ1n) is 7.48. The van der Waals surface area contributed by atoms with E-state index in [0.717, 1.165) is 5.56 Å². The molecule has 0 aliphatic heterocycles. The normalized spacial score (nSPS) is 14.5. The lowest BCUT2D eigenvalue weighted by molar-refractivity contribution is -0.113. The second kappa shape index (κ2) is 7.64. The molecule has 23 heavy (non-hydrogen) atoms. The Balaban J connectivity index is 1.86. The molecule has 0 amide bonds. The van der Waals surface area contributed by atoms with Gasteiger partial charge in [0.1, 0.15) is 6.10 Å². The fraction of sp³-hybridized carbons (Fsp3) is 0.333. The predicted molar refractivity (Wildman–Crippen MR) is 85.4 cm³/mol. The summed E-state index contributed by atoms with van der Waals surface area (Å²) in [5.41, 5.74) is 1.55. The molecule has 2 aromatic rings. The summed E-state index contributed by atoms with van der Waals surface area (Å²) >= 11 is 0. The predicted octanol–water partition coefficient (Wildman–Crippen LogP) is 2.77. The van der Waals surface area contributed by atoms with Gasteiger partial charge in [0, 0.05) is 18.7 Å². The summed E-state index contributed by atoms with van der Waals surface area (Å²) in [6.45, 7) is 1.71. The molecule has 0 aromatic heterocycles. The van der Waals surface area contributed by atoms with E-state index in [1.807, 2.05) is 19.1 Å². The maximum Gasteiger partial charge on any atom is 0.299 e. The number of rotatable bonds is 7. The van der Waals surface area contributed by atoms with Crippen molar-refractivity contribution in [1.82, 2.24) is 5.32 Å². The Labute approximate surface area is 134 Å². The summed E-state index contributed by atoms with van der Waals surface area (Å²) in [6, 6.07) is 14.5. The van der Waals surface area contributed by atoms with Crippen LogP contribution in [0.4, 0.5) is 8.78 Å². The lowest BCUT2D eigenvalue weighted by atomic mass is 10.0. The molecule has 124 valence electrons. The summed E-state index contributed by atoms with van der Waals surface area (Å²) < 4.78 is 28.2. The van der Waals surface area contributed by atoms with Crippen molar-refractivity contribution in [3.63, 3.8) is 0 Å². The van der Waals surface area contributed by atoms with E-state index in [4.69, 9.17) is 0 Å². The first kappa shape index (κ1) is 17.5. The van der Waals surface area contributed by atoms with E-state index >= 15 is 0 Å². The molecule has 0 saturated carbocycles. The number of benzene rings is 2. The van der Waals surface area contributed by atoms with Crippen molar-refractivity contribution in [2.45, 2.75) is 25.1 Å². The fourth-order valence-corrected chi connectivity index (χ4v) is 2.24. The second-order valence-electron chi connectivity index (χ2n) is 5.59. The van der Waals surface area contributed by atoms with E-state index in [-0.39, 0.29) is 18.7 Å². The molecule has 0 radical (unpaired) electrons. The van der Waals surface area contributed by atoms with Crippen molar-refractivity contribution in [2.75, 3.05) is 13.1 Å². The van der Waals surface area contributed by atoms with E-state index < -0.39 is 18.1 Å². The number of alkyl halides is 2. The summed E-state index contributed by atoms with van der Waals surface area (Å²) in [6.07, 6.45) is -2.68. The van der Waals surface area contributed by atoms with Gasteiger partial charge in [-0.3, -0.25) is 0 Å². The molecule has 0 aliphatic carbocycles. The summed E-state index contributed by atoms with van der Waals surface area (Å²) in [5, 5.41) is 22.5. The molecule has 2 aromatic carbocycles. The number of aliphatic hydroxyl groups excluding tert-OH is 2. The third-order valence-corrected chi connectivity index (χ3v) is 3.71. The van der Waals surface area contributed by atoms with Gasteiger partial charge < -0.3 is 15.5 Å². The Bertz CT molecular complexity index is 602. The van der Waals surface area contributed by atoms with Crippen molar-refractivity contribution in [3.8, 4) is 0 Å². The lowest BCUT2D eigenvalue weighted by Crippen LogP contribution is -2.40. The van der Waals surface area contributed by atoms with Crippen LogP contribution in [0.15, 0.2) is 54.6 Å². The van der Waals surface area contributed by atoms with E-state index in [2.05, 4.69) is 5.32 Å². The van der Waals surface area contributed by atoms with Gasteiger partial charge in [-0.1, -0.05) is 60.2 Å². The third kappa shape index (κ3) is 4.58. The highest BCUT2D eigenvalue weighted by atomic mass is 19.3. The molecular formula is C18H21F2NO2. The van der Waals surface area contributed by atoms with Gasteiger partial charge in [0.05, 0.1) is 6.10 Å². The highest BCUT2D eigenvalue weighted by molar-refractivity contribution is 5.23. The number of aliphatic hydroxyl groups is 2. The largest absolute Gasteiger partial charge is 0.387 e. The lowest BCUT2D eigenvalue weighted by Gasteiger charge is -2.24. The third-order valence-electron chi connectivity index (χ3n) is 3.71. The van der Waals surface area contributed by atoms with E-state index in [9.17, 15) is 19.0 Å². The Morgan fingerprint density at radius 3 is 2.17 bits per heavy atom. The Hall–Kier alpha value is -1.82. The first-order chi connectivity index (χ1) is 10.9. The molecule has 0 aliphatic rings. The zero-order valence-corrected chi connectivity index (χ0v) is 12.9. The SMILES string of the molecule is Cc1ccc(C(O)CNCC(O)C(F)(F)c2ccccc2)cc1. The van der Waals surface area contributed by atoms with Gasteiger partial charge in [-0.15, -0.1) is 0 Å². The molecule has 2 rings (SSSR count). The van der Waals surface area contributed by atoms with Crippen LogP contribution in [0, 0.1) is 6.92 Å². The quantitative estimate of drug-likeness (QED) is 0.735. The standard InChI is InChI=1S/C18H21F2NO2/c1-13-7-9-14(10-8-13)16(22)11-21-12-17(23)18(19,20)15-5-3-2-4-6-15/h2-10,16-17,21-23H,11-12H2,1H3. The van der Waals surface area contributed by atoms with Crippen LogP contribution in [0.25, 0.3) is 0 Å². The zero-order chi connectivity index (χ0) is 16.9. The number of halogens is 2. The molecule has 0 heterocycles. The van der Waals surface area contributed by atoms with Crippen LogP contribution in [-0.2, 0) is 5.92 Å². The molecule has 0 spiro atoms. The minimum absolute atomic E-state index is 0.0883. The van der Waals surface area contributed by atoms with Crippen LogP contribution in [0.3, 0.4) is 0 Å². The summed E-state index contributed by atoms with van der Waals surface area (Å²) in [7, 11) is 0. The molecule has 3 N–H and O–H groups in total. The Kier molecular flexibility index (Phi) is 5.82. The monoisotopic (exact) mass is 321 g/mol. The molecule has 2 unspecified atom stereocenters.